The van der Waals surface area contributed by atoms with Crippen LogP contribution in [-0.4, -0.2) is 36.9 Å². The molecule has 1 saturated heterocycles. The number of hydrogen-bond acceptors (Lipinski definition) is 3. The van der Waals surface area contributed by atoms with Gasteiger partial charge in [0.1, 0.15) is 10.7 Å². The summed E-state index contributed by atoms with van der Waals surface area (Å²) in [6.45, 7) is 0.358. The first-order valence-electron chi connectivity index (χ1n) is 6.47. The molecule has 1 aliphatic rings. The van der Waals surface area contributed by atoms with Crippen molar-refractivity contribution in [2.24, 2.45) is 5.92 Å². The predicted molar refractivity (Wildman–Crippen MR) is 75.1 cm³/mol. The van der Waals surface area contributed by atoms with Crippen LogP contribution in [0.3, 0.4) is 0 Å². The number of benzene rings is 1. The second-order valence-electron chi connectivity index (χ2n) is 5.04. The zero-order valence-corrected chi connectivity index (χ0v) is 12.7. The zero-order chi connectivity index (χ0) is 15.6. The maximum Gasteiger partial charge on any atom is 0.303 e. The maximum atomic E-state index is 13.8. The number of hydrogen-bond donors (Lipinski definition) is 1. The van der Waals surface area contributed by atoms with Crippen molar-refractivity contribution in [2.75, 3.05) is 13.1 Å². The van der Waals surface area contributed by atoms with Crippen molar-refractivity contribution < 1.29 is 22.7 Å². The summed E-state index contributed by atoms with van der Waals surface area (Å²) in [5, 5.41) is 8.92. The van der Waals surface area contributed by atoms with Gasteiger partial charge in [0.2, 0.25) is 10.0 Å². The van der Waals surface area contributed by atoms with Crippen molar-refractivity contribution in [1.82, 2.24) is 4.31 Å². The molecule has 1 atom stereocenters. The van der Waals surface area contributed by atoms with Gasteiger partial charge in [0, 0.05) is 24.5 Å². The first-order valence-corrected chi connectivity index (χ1v) is 8.29. The number of aliphatic carboxylic acids is 1. The number of nitrogens with zero attached hydrogens (tertiary/aromatic N) is 1. The third-order valence-electron chi connectivity index (χ3n) is 3.46. The van der Waals surface area contributed by atoms with Crippen LogP contribution >= 0.6 is 11.6 Å². The summed E-state index contributed by atoms with van der Waals surface area (Å²) in [6, 6.07) is 3.40. The fourth-order valence-corrected chi connectivity index (χ4v) is 4.24. The number of carbonyl (C=O) groups is 1. The Morgan fingerprint density at radius 1 is 1.48 bits per heavy atom. The van der Waals surface area contributed by atoms with Crippen molar-refractivity contribution in [3.8, 4) is 0 Å². The fraction of sp³-hybridized carbons (Fsp3) is 0.462. The van der Waals surface area contributed by atoms with Gasteiger partial charge in [-0.1, -0.05) is 11.6 Å². The Morgan fingerprint density at radius 3 is 2.81 bits per heavy atom. The molecule has 1 aliphatic heterocycles. The molecule has 5 nitrogen and oxygen atoms in total. The van der Waals surface area contributed by atoms with Gasteiger partial charge in [0.25, 0.3) is 0 Å². The largest absolute Gasteiger partial charge is 0.481 e. The average molecular weight is 336 g/mol. The van der Waals surface area contributed by atoms with E-state index in [1.165, 1.54) is 6.07 Å². The second-order valence-corrected chi connectivity index (χ2v) is 7.39. The molecule has 1 unspecified atom stereocenters. The SMILES string of the molecule is O=C(O)CC1CCCN(S(=O)(=O)c2ccc(Cl)cc2F)C1. The molecule has 1 heterocycles. The monoisotopic (exact) mass is 335 g/mol. The van der Waals surface area contributed by atoms with Crippen LogP contribution in [0.1, 0.15) is 19.3 Å². The van der Waals surface area contributed by atoms with Gasteiger partial charge < -0.3 is 5.11 Å². The first-order chi connectivity index (χ1) is 9.80. The summed E-state index contributed by atoms with van der Waals surface area (Å²) in [5.74, 6) is -2.11. The van der Waals surface area contributed by atoms with E-state index in [-0.39, 0.29) is 30.5 Å². The number of sulfonamides is 1. The fourth-order valence-electron chi connectivity index (χ4n) is 2.48. The molecular formula is C13H15ClFNO4S. The lowest BCUT2D eigenvalue weighted by atomic mass is 9.96. The minimum Gasteiger partial charge on any atom is -0.481 e. The first kappa shape index (κ1) is 16.2. The van der Waals surface area contributed by atoms with Gasteiger partial charge >= 0.3 is 5.97 Å². The smallest absolute Gasteiger partial charge is 0.303 e. The van der Waals surface area contributed by atoms with E-state index < -0.39 is 26.7 Å². The van der Waals surface area contributed by atoms with E-state index in [9.17, 15) is 17.6 Å². The molecule has 1 aromatic rings. The molecule has 2 rings (SSSR count). The number of halogens is 2. The molecule has 0 saturated carbocycles. The van der Waals surface area contributed by atoms with E-state index >= 15 is 0 Å². The molecule has 8 heteroatoms. The van der Waals surface area contributed by atoms with Crippen LogP contribution in [0.25, 0.3) is 0 Å². The summed E-state index contributed by atoms with van der Waals surface area (Å²) in [7, 11) is -3.97. The van der Waals surface area contributed by atoms with Crippen LogP contribution in [0.4, 0.5) is 4.39 Å². The summed E-state index contributed by atoms with van der Waals surface area (Å²) in [6.07, 6.45) is 1.13. The normalized spacial score (nSPS) is 20.4. The van der Waals surface area contributed by atoms with Crippen molar-refractivity contribution in [2.45, 2.75) is 24.2 Å². The molecule has 0 amide bonds. The highest BCUT2D eigenvalue weighted by atomic mass is 35.5. The minimum absolute atomic E-state index is 0.0882. The van der Waals surface area contributed by atoms with E-state index in [0.717, 1.165) is 16.4 Å². The van der Waals surface area contributed by atoms with Gasteiger partial charge in [-0.15, -0.1) is 0 Å². The molecule has 0 radical (unpaired) electrons. The Kier molecular flexibility index (Phi) is 4.85. The molecule has 1 N–H and O–H groups in total. The van der Waals surface area contributed by atoms with E-state index in [2.05, 4.69) is 0 Å². The number of rotatable bonds is 4. The van der Waals surface area contributed by atoms with Gasteiger partial charge in [-0.2, -0.15) is 4.31 Å². The van der Waals surface area contributed by atoms with Gasteiger partial charge in [0.05, 0.1) is 0 Å². The highest BCUT2D eigenvalue weighted by Gasteiger charge is 2.32. The highest BCUT2D eigenvalue weighted by molar-refractivity contribution is 7.89. The summed E-state index contributed by atoms with van der Waals surface area (Å²) in [5.41, 5.74) is 0. The molecule has 0 bridgehead atoms. The second kappa shape index (κ2) is 6.29. The molecular weight excluding hydrogens is 321 g/mol. The van der Waals surface area contributed by atoms with Gasteiger partial charge in [-0.3, -0.25) is 4.79 Å². The molecule has 1 aromatic carbocycles. The lowest BCUT2D eigenvalue weighted by Gasteiger charge is -2.31. The van der Waals surface area contributed by atoms with Crippen molar-refractivity contribution >= 4 is 27.6 Å². The van der Waals surface area contributed by atoms with Crippen LogP contribution in [0.2, 0.25) is 5.02 Å². The van der Waals surface area contributed by atoms with Crippen molar-refractivity contribution in [1.29, 1.82) is 0 Å². The van der Waals surface area contributed by atoms with Crippen LogP contribution < -0.4 is 0 Å². The van der Waals surface area contributed by atoms with Crippen LogP contribution in [0.15, 0.2) is 23.1 Å². The Hall–Kier alpha value is -1.18. The third kappa shape index (κ3) is 3.72. The van der Waals surface area contributed by atoms with Crippen LogP contribution in [0.5, 0.6) is 0 Å². The lowest BCUT2D eigenvalue weighted by Crippen LogP contribution is -2.40. The maximum absolute atomic E-state index is 13.8. The van der Waals surface area contributed by atoms with E-state index in [1.807, 2.05) is 0 Å². The lowest BCUT2D eigenvalue weighted by molar-refractivity contribution is -0.138. The van der Waals surface area contributed by atoms with E-state index in [0.29, 0.717) is 12.8 Å². The standard InChI is InChI=1S/C13H15ClFNO4S/c14-10-3-4-12(11(15)7-10)21(19,20)16-5-1-2-9(8-16)6-13(17)18/h3-4,7,9H,1-2,5-6,8H2,(H,17,18). The van der Waals surface area contributed by atoms with Crippen molar-refractivity contribution in [3.05, 3.63) is 29.0 Å². The predicted octanol–water partition coefficient (Wildman–Crippen LogP) is 2.35. The number of carboxylic acid groups (broad SMARTS) is 1. The van der Waals surface area contributed by atoms with Crippen LogP contribution in [0, 0.1) is 11.7 Å². The van der Waals surface area contributed by atoms with Gasteiger partial charge in [0.15, 0.2) is 0 Å². The van der Waals surface area contributed by atoms with Gasteiger partial charge in [-0.25, -0.2) is 12.8 Å². The Morgan fingerprint density at radius 2 is 2.19 bits per heavy atom. The van der Waals surface area contributed by atoms with E-state index in [1.54, 1.807) is 0 Å². The molecule has 1 fully saturated rings. The van der Waals surface area contributed by atoms with E-state index in [4.69, 9.17) is 16.7 Å². The summed E-state index contributed by atoms with van der Waals surface area (Å²) < 4.78 is 39.9. The minimum atomic E-state index is -3.97. The topological polar surface area (TPSA) is 74.7 Å². The molecule has 0 aromatic heterocycles. The molecule has 21 heavy (non-hydrogen) atoms. The zero-order valence-electron chi connectivity index (χ0n) is 11.1. The number of carboxylic acids is 1. The molecule has 116 valence electrons. The Bertz CT molecular complexity index is 650. The highest BCUT2D eigenvalue weighted by Crippen LogP contribution is 2.27. The van der Waals surface area contributed by atoms with Crippen LogP contribution in [-0.2, 0) is 14.8 Å². The Labute approximate surface area is 127 Å². The molecule has 0 aliphatic carbocycles. The summed E-state index contributed by atoms with van der Waals surface area (Å²) >= 11 is 5.62. The summed E-state index contributed by atoms with van der Waals surface area (Å²) in [4.78, 5) is 10.3. The number of piperidine rings is 1. The molecule has 0 spiro atoms. The van der Waals surface area contributed by atoms with Crippen molar-refractivity contribution in [3.63, 3.8) is 0 Å². The van der Waals surface area contributed by atoms with Gasteiger partial charge in [-0.05, 0) is 37.0 Å². The quantitative estimate of drug-likeness (QED) is 0.916. The Balaban J connectivity index is 2.24. The average Bonchev–Trinajstić information content (AvgIpc) is 2.37. The third-order valence-corrected chi connectivity index (χ3v) is 5.59.